The summed E-state index contributed by atoms with van der Waals surface area (Å²) in [4.78, 5) is 44.9. The third kappa shape index (κ3) is 38.4. The summed E-state index contributed by atoms with van der Waals surface area (Å²) in [5.41, 5.74) is 5.65. The molecule has 1 unspecified atom stereocenters. The van der Waals surface area contributed by atoms with Crippen LogP contribution in [0.4, 0.5) is 0 Å². The molecule has 19 nitrogen and oxygen atoms in total. The van der Waals surface area contributed by atoms with Crippen molar-refractivity contribution in [3.63, 3.8) is 0 Å². The monoisotopic (exact) mass is 1680 g/mol. The number of hydrogen-bond acceptors (Lipinski definition) is 17. The van der Waals surface area contributed by atoms with Crippen LogP contribution in [0.5, 0.6) is 0 Å². The summed E-state index contributed by atoms with van der Waals surface area (Å²) in [6.07, 6.45) is 19.1. The van der Waals surface area contributed by atoms with Gasteiger partial charge in [0.05, 0.1) is 78.4 Å². The molecule has 0 aromatic heterocycles. The first-order valence-corrected chi connectivity index (χ1v) is 47.2. The normalized spacial score (nSPS) is 19.7. The number of esters is 1. The summed E-state index contributed by atoms with van der Waals surface area (Å²) in [5, 5.41) is 19.3. The van der Waals surface area contributed by atoms with Crippen LogP contribution in [0.3, 0.4) is 0 Å². The van der Waals surface area contributed by atoms with Crippen molar-refractivity contribution < 1.29 is 80.3 Å². The van der Waals surface area contributed by atoms with Gasteiger partial charge in [0.2, 0.25) is 11.8 Å². The molecule has 121 heavy (non-hydrogen) atoms. The van der Waals surface area contributed by atoms with Gasteiger partial charge in [0, 0.05) is 6.42 Å². The minimum Gasteiger partial charge on any atom is -0.462 e. The van der Waals surface area contributed by atoms with Crippen molar-refractivity contribution in [2.45, 2.75) is 346 Å². The van der Waals surface area contributed by atoms with E-state index in [0.717, 1.165) is 98.4 Å². The number of ether oxygens (including phenoxy) is 9. The van der Waals surface area contributed by atoms with E-state index in [1.165, 1.54) is 96.3 Å². The molecular weight excluding hydrogens is 1540 g/mol. The molecule has 0 radical (unpaired) electrons. The highest BCUT2D eigenvalue weighted by molar-refractivity contribution is 7.48. The second-order valence-corrected chi connectivity index (χ2v) is 34.3. The molecule has 0 spiro atoms. The predicted octanol–water partition coefficient (Wildman–Crippen LogP) is 22.4. The predicted molar refractivity (Wildman–Crippen MR) is 475 cm³/mol. The quantitative estimate of drug-likeness (QED) is 0.0183. The van der Waals surface area contributed by atoms with Crippen molar-refractivity contribution in [3.8, 4) is 0 Å². The van der Waals surface area contributed by atoms with Crippen LogP contribution in [-0.4, -0.2) is 110 Å². The number of phosphoric acid groups is 1. The second-order valence-electron chi connectivity index (χ2n) is 32.7. The number of amides is 2. The molecule has 3 N–H and O–H groups in total. The Hall–Kier alpha value is -7.30. The Labute approximate surface area is 723 Å². The molecule has 12 atom stereocenters. The fourth-order valence-corrected chi connectivity index (χ4v) is 17.0. The lowest BCUT2D eigenvalue weighted by Crippen LogP contribution is -2.67. The molecule has 7 aromatic carbocycles. The molecular formula is C101H141N2O17P. The van der Waals surface area contributed by atoms with Gasteiger partial charge in [0.1, 0.15) is 54.8 Å². The van der Waals surface area contributed by atoms with Crippen LogP contribution in [0.25, 0.3) is 0 Å². The molecule has 0 saturated carbocycles. The number of rotatable bonds is 64. The van der Waals surface area contributed by atoms with Crippen molar-refractivity contribution in [3.05, 3.63) is 251 Å². The summed E-state index contributed by atoms with van der Waals surface area (Å²) >= 11 is 0. The lowest BCUT2D eigenvalue weighted by atomic mass is 9.94. The van der Waals surface area contributed by atoms with Gasteiger partial charge in [0.25, 0.3) is 0 Å². The van der Waals surface area contributed by atoms with Gasteiger partial charge >= 0.3 is 13.8 Å². The Morgan fingerprint density at radius 1 is 0.364 bits per heavy atom. The summed E-state index contributed by atoms with van der Waals surface area (Å²) in [6.45, 7) is 6.21. The maximum Gasteiger partial charge on any atom is 0.475 e. The number of nitrogens with one attached hydrogen (secondary N) is 2. The average Bonchev–Trinajstić information content (AvgIpc) is 0.775. The van der Waals surface area contributed by atoms with Gasteiger partial charge < -0.3 is 58.4 Å². The lowest BCUT2D eigenvalue weighted by Gasteiger charge is -2.48. The number of aliphatic hydroxyl groups excluding tert-OH is 1. The molecule has 0 aliphatic carbocycles. The van der Waals surface area contributed by atoms with Crippen molar-refractivity contribution >= 4 is 25.6 Å². The van der Waals surface area contributed by atoms with Crippen LogP contribution in [0.15, 0.2) is 212 Å². The molecule has 2 aliphatic heterocycles. The number of hydrogen-bond donors (Lipinski definition) is 3. The molecule has 2 aliphatic rings. The molecule has 9 rings (SSSR count). The zero-order chi connectivity index (χ0) is 84.8. The van der Waals surface area contributed by atoms with E-state index in [9.17, 15) is 14.7 Å². The average molecular weight is 1690 g/mol. The van der Waals surface area contributed by atoms with E-state index in [4.69, 9.17) is 56.2 Å². The van der Waals surface area contributed by atoms with Crippen LogP contribution < -0.4 is 10.6 Å². The SMILES string of the molecule is CCCCCCCCCCCC(=O)O[C@H](CCCCCCCCCCC)CC(=O)N[C@H]1[C@H](OC[C@H]2OC(O)[C@H](NC(=O)C[C@@H](CCCCCCCCCCC)OCc3ccccc3)[C@@H](OCc3ccccc3)[C@@H]2OCc2ccccc2)O[C@H](COCc2ccccc2)[C@@H](OP(=O)(OCc2ccccc2)OCc2ccccc2)[C@@H]1OCc1ccccc1. The summed E-state index contributed by atoms with van der Waals surface area (Å²) in [5.74, 6) is -1.25. The highest BCUT2D eigenvalue weighted by atomic mass is 31.2. The standard InChI is InChI=1S/C101H141N2O17P/c1-4-7-10-13-16-19-22-25-49-66-87(110-72-81-54-37-29-38-55-81)69-91(104)102-94-98(112-74-83-58-41-31-42-59-83)96(111-73-82-56-39-30-40-57-82)90(118-100(94)107)79-114-101-95(103-92(105)70-88(67-50-26-23-20-17-14-11-8-5-2)117-93(106)68-51-27-24-21-18-15-12-9-6-3)99(113-75-84-60-43-32-44-61-84)97(89(119-101)78-109-71-80-52-35-28-36-53-80)120-121(108,115-76-85-62-45-33-46-63-85)116-77-86-64-47-34-48-65-86/h28-48,52-65,87-90,94-101,107H,4-27,49-51,66-79H2,1-3H3,(H,102,104)(H,103,105)/t87-,88-,89-,90-,94-,95-,96-,97-,98-,99-,100?,101-/m1/s1. The Morgan fingerprint density at radius 2 is 0.702 bits per heavy atom. The molecule has 2 fully saturated rings. The van der Waals surface area contributed by atoms with Gasteiger partial charge in [-0.25, -0.2) is 4.57 Å². The van der Waals surface area contributed by atoms with Crippen molar-refractivity contribution in [1.29, 1.82) is 0 Å². The van der Waals surface area contributed by atoms with Gasteiger partial charge in [-0.1, -0.05) is 394 Å². The number of carbonyl (C=O) groups is 3. The summed E-state index contributed by atoms with van der Waals surface area (Å²) in [7, 11) is -4.77. The maximum absolute atomic E-state index is 16.1. The first kappa shape index (κ1) is 97.5. The second kappa shape index (κ2) is 58.8. The number of phosphoric ester groups is 1. The number of carbonyl (C=O) groups excluding carboxylic acids is 3. The first-order chi connectivity index (χ1) is 59.4. The van der Waals surface area contributed by atoms with Crippen LogP contribution >= 0.6 is 7.82 Å². The highest BCUT2D eigenvalue weighted by Crippen LogP contribution is 2.54. The zero-order valence-corrected chi connectivity index (χ0v) is 73.4. The number of aliphatic hydroxyl groups is 1. The minimum absolute atomic E-state index is 0.00329. The van der Waals surface area contributed by atoms with Gasteiger partial charge in [-0.05, 0) is 64.6 Å². The molecule has 2 saturated heterocycles. The molecule has 2 heterocycles. The van der Waals surface area contributed by atoms with Gasteiger partial charge in [-0.2, -0.15) is 0 Å². The fraction of sp³-hybridized carbons (Fsp3) is 0.554. The van der Waals surface area contributed by atoms with E-state index < -0.39 is 93.8 Å². The third-order valence-electron chi connectivity index (χ3n) is 22.6. The third-order valence-corrected chi connectivity index (χ3v) is 23.9. The van der Waals surface area contributed by atoms with E-state index in [1.54, 1.807) is 0 Å². The molecule has 20 heteroatoms. The Balaban J connectivity index is 1.08. The van der Waals surface area contributed by atoms with Gasteiger partial charge in [-0.3, -0.25) is 28.0 Å². The zero-order valence-electron chi connectivity index (χ0n) is 72.6. The van der Waals surface area contributed by atoms with Crippen LogP contribution in [0.1, 0.15) is 265 Å². The molecule has 7 aromatic rings. The van der Waals surface area contributed by atoms with E-state index in [2.05, 4.69) is 31.4 Å². The van der Waals surface area contributed by atoms with Gasteiger partial charge in [-0.15, -0.1) is 0 Å². The number of unbranched alkanes of at least 4 members (excludes halogenated alkanes) is 24. The van der Waals surface area contributed by atoms with Crippen molar-refractivity contribution in [2.24, 2.45) is 0 Å². The summed E-state index contributed by atoms with van der Waals surface area (Å²) in [6, 6.07) is 64.5. The van der Waals surface area contributed by atoms with E-state index in [0.29, 0.717) is 37.0 Å². The van der Waals surface area contributed by atoms with E-state index in [-0.39, 0.29) is 77.4 Å². The first-order valence-electron chi connectivity index (χ1n) is 45.7. The highest BCUT2D eigenvalue weighted by Gasteiger charge is 2.54. The van der Waals surface area contributed by atoms with E-state index >= 15 is 9.36 Å². The van der Waals surface area contributed by atoms with Crippen LogP contribution in [0, 0.1) is 0 Å². The van der Waals surface area contributed by atoms with Crippen molar-refractivity contribution in [1.82, 2.24) is 10.6 Å². The van der Waals surface area contributed by atoms with E-state index in [1.807, 2.05) is 212 Å². The fourth-order valence-electron chi connectivity index (χ4n) is 15.7. The Bertz CT molecular complexity index is 3820. The van der Waals surface area contributed by atoms with Crippen molar-refractivity contribution in [2.75, 3.05) is 13.2 Å². The lowest BCUT2D eigenvalue weighted by molar-refractivity contribution is -0.309. The largest absolute Gasteiger partial charge is 0.475 e. The van der Waals surface area contributed by atoms with Crippen LogP contribution in [-0.2, 0) is 121 Å². The smallest absolute Gasteiger partial charge is 0.462 e. The van der Waals surface area contributed by atoms with Crippen LogP contribution in [0.2, 0.25) is 0 Å². The Kier molecular flexibility index (Phi) is 47.3. The maximum atomic E-state index is 16.1. The Morgan fingerprint density at radius 3 is 1.13 bits per heavy atom. The molecule has 0 bridgehead atoms. The topological polar surface area (TPSA) is 223 Å². The van der Waals surface area contributed by atoms with Gasteiger partial charge in [0.15, 0.2) is 12.6 Å². The number of benzene rings is 7. The molecule has 2 amide bonds. The minimum atomic E-state index is -4.77. The molecule has 662 valence electrons. The summed E-state index contributed by atoms with van der Waals surface area (Å²) < 4.78 is 98.3.